The second-order valence-electron chi connectivity index (χ2n) is 3.48. The van der Waals surface area contributed by atoms with Gasteiger partial charge in [-0.1, -0.05) is 30.3 Å². The van der Waals surface area contributed by atoms with E-state index in [2.05, 4.69) is 24.5 Å². The summed E-state index contributed by atoms with van der Waals surface area (Å²) in [6.45, 7) is 7.48. The van der Waals surface area contributed by atoms with Crippen LogP contribution in [0.5, 0.6) is 0 Å². The second kappa shape index (κ2) is 7.27. The Morgan fingerprint density at radius 1 is 1.00 bits per heavy atom. The molecule has 4 nitrogen and oxygen atoms in total. The molecule has 0 saturated heterocycles. The van der Waals surface area contributed by atoms with Crippen LogP contribution in [-0.4, -0.2) is 24.9 Å². The van der Waals surface area contributed by atoms with Gasteiger partial charge in [0.1, 0.15) is 5.57 Å². The highest BCUT2D eigenvalue weighted by Crippen LogP contribution is 2.07. The van der Waals surface area contributed by atoms with Crippen LogP contribution in [-0.2, 0) is 9.59 Å². The molecule has 1 aromatic carbocycles. The maximum Gasteiger partial charge on any atom is 0.256 e. The van der Waals surface area contributed by atoms with Crippen molar-refractivity contribution in [1.82, 2.24) is 10.6 Å². The highest BCUT2D eigenvalue weighted by atomic mass is 16.2. The molecule has 0 bridgehead atoms. The molecular weight excluding hydrogens is 228 g/mol. The number of nitrogens with one attached hydrogen (secondary N) is 2. The van der Waals surface area contributed by atoms with E-state index in [0.717, 1.165) is 5.56 Å². The Bertz CT molecular complexity index is 418. The SMILES string of the molecule is [CH2]CNC(=O)C(=Cc1ccccc1)C(=O)NC[CH2]. The maximum atomic E-state index is 11.8. The van der Waals surface area contributed by atoms with E-state index in [1.807, 2.05) is 30.3 Å². The summed E-state index contributed by atoms with van der Waals surface area (Å²) in [4.78, 5) is 23.5. The van der Waals surface area contributed by atoms with E-state index in [1.54, 1.807) is 0 Å². The predicted octanol–water partition coefficient (Wildman–Crippen LogP) is 0.971. The minimum atomic E-state index is -0.445. The monoisotopic (exact) mass is 244 g/mol. The molecular formula is C14H16N2O2. The first kappa shape index (κ1) is 14.0. The molecule has 0 heterocycles. The van der Waals surface area contributed by atoms with Gasteiger partial charge in [-0.2, -0.15) is 0 Å². The number of carbonyl (C=O) groups is 2. The van der Waals surface area contributed by atoms with Gasteiger partial charge in [0.25, 0.3) is 11.8 Å². The maximum absolute atomic E-state index is 11.8. The summed E-state index contributed by atoms with van der Waals surface area (Å²) in [5, 5.41) is 5.01. The Morgan fingerprint density at radius 2 is 1.50 bits per heavy atom. The van der Waals surface area contributed by atoms with Gasteiger partial charge in [-0.25, -0.2) is 0 Å². The zero-order valence-corrected chi connectivity index (χ0v) is 10.1. The van der Waals surface area contributed by atoms with Crippen LogP contribution in [0.15, 0.2) is 35.9 Å². The fourth-order valence-corrected chi connectivity index (χ4v) is 1.37. The van der Waals surface area contributed by atoms with E-state index in [9.17, 15) is 9.59 Å². The van der Waals surface area contributed by atoms with Crippen LogP contribution in [0.1, 0.15) is 5.56 Å². The van der Waals surface area contributed by atoms with Gasteiger partial charge < -0.3 is 10.6 Å². The average Bonchev–Trinajstić information content (AvgIpc) is 2.37. The average molecular weight is 244 g/mol. The highest BCUT2D eigenvalue weighted by Gasteiger charge is 2.16. The van der Waals surface area contributed by atoms with Crippen LogP contribution in [0, 0.1) is 13.8 Å². The van der Waals surface area contributed by atoms with Gasteiger partial charge in [0.2, 0.25) is 0 Å². The zero-order valence-electron chi connectivity index (χ0n) is 10.1. The molecule has 94 valence electrons. The smallest absolute Gasteiger partial charge is 0.256 e. The van der Waals surface area contributed by atoms with E-state index in [0.29, 0.717) is 0 Å². The first-order chi connectivity index (χ1) is 8.69. The summed E-state index contributed by atoms with van der Waals surface area (Å²) >= 11 is 0. The van der Waals surface area contributed by atoms with Crippen molar-refractivity contribution in [3.63, 3.8) is 0 Å². The lowest BCUT2D eigenvalue weighted by Crippen LogP contribution is -2.34. The number of benzene rings is 1. The third-order valence-electron chi connectivity index (χ3n) is 2.17. The van der Waals surface area contributed by atoms with Gasteiger partial charge in [0.15, 0.2) is 0 Å². The molecule has 0 unspecified atom stereocenters. The topological polar surface area (TPSA) is 58.2 Å². The molecule has 2 N–H and O–H groups in total. The molecule has 0 aliphatic carbocycles. The molecule has 0 aliphatic rings. The van der Waals surface area contributed by atoms with Crippen molar-refractivity contribution in [1.29, 1.82) is 0 Å². The summed E-state index contributed by atoms with van der Waals surface area (Å²) < 4.78 is 0. The summed E-state index contributed by atoms with van der Waals surface area (Å²) in [6, 6.07) is 9.16. The second-order valence-corrected chi connectivity index (χ2v) is 3.48. The van der Waals surface area contributed by atoms with Crippen LogP contribution in [0.4, 0.5) is 0 Å². The highest BCUT2D eigenvalue weighted by molar-refractivity contribution is 6.21. The van der Waals surface area contributed by atoms with Gasteiger partial charge in [-0.05, 0) is 25.5 Å². The van der Waals surface area contributed by atoms with Crippen LogP contribution in [0.25, 0.3) is 6.08 Å². The molecule has 2 radical (unpaired) electrons. The van der Waals surface area contributed by atoms with E-state index in [-0.39, 0.29) is 18.7 Å². The Hall–Kier alpha value is -2.10. The Kier molecular flexibility index (Phi) is 5.64. The Balaban J connectivity index is 3.00. The van der Waals surface area contributed by atoms with Crippen molar-refractivity contribution < 1.29 is 9.59 Å². The quantitative estimate of drug-likeness (QED) is 0.460. The fourth-order valence-electron chi connectivity index (χ4n) is 1.37. The lowest BCUT2D eigenvalue weighted by molar-refractivity contribution is -0.123. The molecule has 18 heavy (non-hydrogen) atoms. The number of amides is 2. The lowest BCUT2D eigenvalue weighted by atomic mass is 10.1. The van der Waals surface area contributed by atoms with Crippen LogP contribution in [0.3, 0.4) is 0 Å². The van der Waals surface area contributed by atoms with E-state index < -0.39 is 11.8 Å². The molecule has 0 aliphatic heterocycles. The molecule has 0 atom stereocenters. The molecule has 0 aromatic heterocycles. The van der Waals surface area contributed by atoms with Crippen molar-refractivity contribution in [2.45, 2.75) is 0 Å². The lowest BCUT2D eigenvalue weighted by Gasteiger charge is -2.07. The van der Waals surface area contributed by atoms with Crippen molar-refractivity contribution in [2.75, 3.05) is 13.1 Å². The molecule has 0 spiro atoms. The third kappa shape index (κ3) is 4.05. The van der Waals surface area contributed by atoms with Gasteiger partial charge >= 0.3 is 0 Å². The van der Waals surface area contributed by atoms with Crippen molar-refractivity contribution >= 4 is 17.9 Å². The molecule has 1 aromatic rings. The van der Waals surface area contributed by atoms with E-state index >= 15 is 0 Å². The van der Waals surface area contributed by atoms with Crippen molar-refractivity contribution in [2.24, 2.45) is 0 Å². The number of rotatable bonds is 5. The normalized spacial score (nSPS) is 9.44. The Morgan fingerprint density at radius 3 is 1.94 bits per heavy atom. The van der Waals surface area contributed by atoms with Gasteiger partial charge in [-0.3, -0.25) is 9.59 Å². The standard InChI is InChI=1S/C14H16N2O2/c1-3-15-13(17)12(14(18)16-4-2)10-11-8-6-5-7-9-11/h5-10H,1-4H2,(H,15,17)(H,16,18). The van der Waals surface area contributed by atoms with E-state index in [4.69, 9.17) is 0 Å². The van der Waals surface area contributed by atoms with Crippen molar-refractivity contribution in [3.8, 4) is 0 Å². The minimum Gasteiger partial charge on any atom is -0.352 e. The number of hydrogen-bond acceptors (Lipinski definition) is 2. The fraction of sp³-hybridized carbons (Fsp3) is 0.143. The summed E-state index contributed by atoms with van der Waals surface area (Å²) in [7, 11) is 0. The van der Waals surface area contributed by atoms with Crippen LogP contribution in [0.2, 0.25) is 0 Å². The minimum absolute atomic E-state index is 0.0495. The van der Waals surface area contributed by atoms with Gasteiger partial charge in [0.05, 0.1) is 0 Å². The van der Waals surface area contributed by atoms with Gasteiger partial charge in [-0.15, -0.1) is 0 Å². The summed E-state index contributed by atoms with van der Waals surface area (Å²) in [6.07, 6.45) is 1.54. The number of carbonyl (C=O) groups excluding carboxylic acids is 2. The van der Waals surface area contributed by atoms with E-state index in [1.165, 1.54) is 6.08 Å². The predicted molar refractivity (Wildman–Crippen MR) is 71.2 cm³/mol. The Labute approximate surface area is 107 Å². The molecule has 1 rings (SSSR count). The zero-order chi connectivity index (χ0) is 13.4. The van der Waals surface area contributed by atoms with Crippen LogP contribution < -0.4 is 10.6 Å². The first-order valence-electron chi connectivity index (χ1n) is 5.60. The van der Waals surface area contributed by atoms with Crippen LogP contribution >= 0.6 is 0 Å². The number of hydrogen-bond donors (Lipinski definition) is 2. The first-order valence-corrected chi connectivity index (χ1v) is 5.60. The summed E-state index contributed by atoms with van der Waals surface area (Å²) in [5.41, 5.74) is 0.833. The molecule has 2 amide bonds. The molecule has 0 fully saturated rings. The molecule has 4 heteroatoms. The van der Waals surface area contributed by atoms with Crippen molar-refractivity contribution in [3.05, 3.63) is 55.3 Å². The largest absolute Gasteiger partial charge is 0.352 e. The molecule has 0 saturated carbocycles. The third-order valence-corrected chi connectivity index (χ3v) is 2.17. The summed E-state index contributed by atoms with van der Waals surface area (Å²) in [5.74, 6) is -0.889. The van der Waals surface area contributed by atoms with Gasteiger partial charge in [0, 0.05) is 13.1 Å².